The van der Waals surface area contributed by atoms with Gasteiger partial charge in [-0.3, -0.25) is 9.52 Å². The Morgan fingerprint density at radius 1 is 0.875 bits per heavy atom. The standard InChI is InChI=1S/C24H24N2O5S/c1-17-4-11-21(12-5-17)32(28,29)26-19-8-6-18(7-9-19)25-15-14-23(27)22-13-10-20(30-2)16-24(22)31-3/h4-16,25-26H,1-3H3. The number of ketones is 1. The summed E-state index contributed by atoms with van der Waals surface area (Å²) in [5.41, 5.74) is 2.51. The second kappa shape index (κ2) is 10.0. The fraction of sp³-hybridized carbons (Fsp3) is 0.125. The monoisotopic (exact) mass is 452 g/mol. The number of hydrogen-bond acceptors (Lipinski definition) is 6. The Morgan fingerprint density at radius 3 is 2.16 bits per heavy atom. The van der Waals surface area contributed by atoms with Gasteiger partial charge in [0.15, 0.2) is 5.78 Å². The fourth-order valence-corrected chi connectivity index (χ4v) is 3.93. The molecular weight excluding hydrogens is 428 g/mol. The van der Waals surface area contributed by atoms with Crippen molar-refractivity contribution in [1.29, 1.82) is 0 Å². The zero-order valence-electron chi connectivity index (χ0n) is 18.0. The van der Waals surface area contributed by atoms with E-state index in [1.807, 2.05) is 6.92 Å². The molecule has 3 aromatic carbocycles. The van der Waals surface area contributed by atoms with Crippen molar-refractivity contribution in [3.05, 3.63) is 90.1 Å². The number of allylic oxidation sites excluding steroid dienone is 1. The minimum absolute atomic E-state index is 0.195. The molecule has 0 unspecified atom stereocenters. The lowest BCUT2D eigenvalue weighted by molar-refractivity contribution is 0.104. The maximum atomic E-state index is 12.5. The zero-order valence-corrected chi connectivity index (χ0v) is 18.8. The second-order valence-corrected chi connectivity index (χ2v) is 8.59. The van der Waals surface area contributed by atoms with E-state index in [9.17, 15) is 13.2 Å². The lowest BCUT2D eigenvalue weighted by atomic mass is 10.1. The van der Waals surface area contributed by atoms with Crippen LogP contribution in [0.15, 0.2) is 83.9 Å². The van der Waals surface area contributed by atoms with Crippen LogP contribution in [0.2, 0.25) is 0 Å². The van der Waals surface area contributed by atoms with Gasteiger partial charge in [0.05, 0.1) is 24.7 Å². The minimum atomic E-state index is -3.66. The molecule has 0 aliphatic heterocycles. The number of aryl methyl sites for hydroxylation is 1. The number of anilines is 2. The molecule has 0 bridgehead atoms. The predicted molar refractivity (Wildman–Crippen MR) is 125 cm³/mol. The number of benzene rings is 3. The van der Waals surface area contributed by atoms with E-state index in [0.29, 0.717) is 28.4 Å². The highest BCUT2D eigenvalue weighted by Gasteiger charge is 2.14. The molecule has 32 heavy (non-hydrogen) atoms. The van der Waals surface area contributed by atoms with E-state index in [2.05, 4.69) is 10.0 Å². The summed E-state index contributed by atoms with van der Waals surface area (Å²) in [5.74, 6) is 0.780. The molecule has 8 heteroatoms. The normalized spacial score (nSPS) is 11.2. The molecular formula is C24H24N2O5S. The van der Waals surface area contributed by atoms with Gasteiger partial charge in [0.25, 0.3) is 10.0 Å². The summed E-state index contributed by atoms with van der Waals surface area (Å²) in [7, 11) is -0.635. The van der Waals surface area contributed by atoms with Gasteiger partial charge in [0, 0.05) is 29.7 Å². The van der Waals surface area contributed by atoms with Crippen LogP contribution in [0.25, 0.3) is 0 Å². The molecule has 7 nitrogen and oxygen atoms in total. The quantitative estimate of drug-likeness (QED) is 0.363. The van der Waals surface area contributed by atoms with Crippen LogP contribution < -0.4 is 19.5 Å². The van der Waals surface area contributed by atoms with Crippen molar-refractivity contribution in [1.82, 2.24) is 0 Å². The van der Waals surface area contributed by atoms with Crippen LogP contribution in [0.4, 0.5) is 11.4 Å². The first-order chi connectivity index (χ1) is 15.3. The number of hydrogen-bond donors (Lipinski definition) is 2. The summed E-state index contributed by atoms with van der Waals surface area (Å²) in [4.78, 5) is 12.7. The van der Waals surface area contributed by atoms with Crippen LogP contribution in [-0.4, -0.2) is 28.4 Å². The number of sulfonamides is 1. The average Bonchev–Trinajstić information content (AvgIpc) is 2.79. The van der Waals surface area contributed by atoms with Crippen molar-refractivity contribution in [2.75, 3.05) is 24.3 Å². The first-order valence-electron chi connectivity index (χ1n) is 9.71. The summed E-state index contributed by atoms with van der Waals surface area (Å²) >= 11 is 0. The van der Waals surface area contributed by atoms with E-state index in [-0.39, 0.29) is 10.7 Å². The van der Waals surface area contributed by atoms with Crippen LogP contribution in [0.3, 0.4) is 0 Å². The summed E-state index contributed by atoms with van der Waals surface area (Å²) in [6.45, 7) is 1.89. The third-order valence-corrected chi connectivity index (χ3v) is 6.02. The van der Waals surface area contributed by atoms with Gasteiger partial charge >= 0.3 is 0 Å². The van der Waals surface area contributed by atoms with E-state index in [1.54, 1.807) is 73.8 Å². The Kier molecular flexibility index (Phi) is 7.17. The topological polar surface area (TPSA) is 93.7 Å². The molecule has 0 aliphatic carbocycles. The summed E-state index contributed by atoms with van der Waals surface area (Å²) in [6, 6.07) is 18.3. The number of carbonyl (C=O) groups excluding carboxylic acids is 1. The molecule has 0 spiro atoms. The summed E-state index contributed by atoms with van der Waals surface area (Å²) in [6.07, 6.45) is 2.90. The zero-order chi connectivity index (χ0) is 23.1. The molecule has 0 amide bonds. The van der Waals surface area contributed by atoms with Gasteiger partial charge in [0.1, 0.15) is 11.5 Å². The number of ether oxygens (including phenoxy) is 2. The number of nitrogens with one attached hydrogen (secondary N) is 2. The molecule has 166 valence electrons. The predicted octanol–water partition coefficient (Wildman–Crippen LogP) is 4.62. The number of rotatable bonds is 9. The average molecular weight is 453 g/mol. The fourth-order valence-electron chi connectivity index (χ4n) is 2.87. The van der Waals surface area contributed by atoms with Crippen LogP contribution in [0, 0.1) is 6.92 Å². The van der Waals surface area contributed by atoms with Gasteiger partial charge in [-0.15, -0.1) is 0 Å². The van der Waals surface area contributed by atoms with Gasteiger partial charge in [-0.1, -0.05) is 17.7 Å². The van der Waals surface area contributed by atoms with Crippen LogP contribution >= 0.6 is 0 Å². The molecule has 2 N–H and O–H groups in total. The first-order valence-corrected chi connectivity index (χ1v) is 11.2. The van der Waals surface area contributed by atoms with Gasteiger partial charge in [-0.2, -0.15) is 0 Å². The molecule has 0 fully saturated rings. The van der Waals surface area contributed by atoms with Gasteiger partial charge in [-0.25, -0.2) is 8.42 Å². The summed E-state index contributed by atoms with van der Waals surface area (Å²) in [5, 5.41) is 2.99. The smallest absolute Gasteiger partial charge is 0.261 e. The molecule has 0 aliphatic rings. The molecule has 0 heterocycles. The van der Waals surface area contributed by atoms with Crippen LogP contribution in [0.5, 0.6) is 11.5 Å². The Bertz CT molecular complexity index is 1220. The number of carbonyl (C=O) groups is 1. The van der Waals surface area contributed by atoms with Gasteiger partial charge < -0.3 is 14.8 Å². The van der Waals surface area contributed by atoms with Crippen molar-refractivity contribution in [2.45, 2.75) is 11.8 Å². The highest BCUT2D eigenvalue weighted by atomic mass is 32.2. The Balaban J connectivity index is 1.63. The molecule has 0 radical (unpaired) electrons. The maximum Gasteiger partial charge on any atom is 0.261 e. The molecule has 0 atom stereocenters. The number of methoxy groups -OCH3 is 2. The van der Waals surface area contributed by atoms with Crippen LogP contribution in [0.1, 0.15) is 15.9 Å². The van der Waals surface area contributed by atoms with E-state index < -0.39 is 10.0 Å². The van der Waals surface area contributed by atoms with Crippen molar-refractivity contribution in [2.24, 2.45) is 0 Å². The van der Waals surface area contributed by atoms with Gasteiger partial charge in [0.2, 0.25) is 0 Å². The second-order valence-electron chi connectivity index (χ2n) is 6.90. The third kappa shape index (κ3) is 5.67. The minimum Gasteiger partial charge on any atom is -0.497 e. The lowest BCUT2D eigenvalue weighted by Gasteiger charge is -2.09. The molecule has 3 aromatic rings. The van der Waals surface area contributed by atoms with Crippen molar-refractivity contribution < 1.29 is 22.7 Å². The highest BCUT2D eigenvalue weighted by Crippen LogP contribution is 2.25. The molecule has 0 saturated carbocycles. The Morgan fingerprint density at radius 2 is 1.53 bits per heavy atom. The Hall–Kier alpha value is -3.78. The van der Waals surface area contributed by atoms with E-state index in [0.717, 1.165) is 5.56 Å². The molecule has 0 aromatic heterocycles. The molecule has 3 rings (SSSR count). The van der Waals surface area contributed by atoms with Gasteiger partial charge in [-0.05, 0) is 55.5 Å². The third-order valence-electron chi connectivity index (χ3n) is 4.63. The highest BCUT2D eigenvalue weighted by molar-refractivity contribution is 7.92. The Labute approximate surface area is 187 Å². The van der Waals surface area contributed by atoms with Crippen molar-refractivity contribution in [3.63, 3.8) is 0 Å². The first kappa shape index (κ1) is 22.9. The summed E-state index contributed by atoms with van der Waals surface area (Å²) < 4.78 is 37.9. The molecule has 0 saturated heterocycles. The maximum absolute atomic E-state index is 12.5. The van der Waals surface area contributed by atoms with Crippen molar-refractivity contribution in [3.8, 4) is 11.5 Å². The van der Waals surface area contributed by atoms with Crippen LogP contribution in [-0.2, 0) is 10.0 Å². The van der Waals surface area contributed by atoms with Crippen molar-refractivity contribution >= 4 is 27.2 Å². The van der Waals surface area contributed by atoms with E-state index >= 15 is 0 Å². The SMILES string of the molecule is COc1ccc(C(=O)C=CNc2ccc(NS(=O)(=O)c3ccc(C)cc3)cc2)c(OC)c1. The lowest BCUT2D eigenvalue weighted by Crippen LogP contribution is -2.12. The van der Waals surface area contributed by atoms with E-state index in [4.69, 9.17) is 9.47 Å². The largest absolute Gasteiger partial charge is 0.497 e. The van der Waals surface area contributed by atoms with E-state index in [1.165, 1.54) is 19.4 Å².